The zero-order valence-corrected chi connectivity index (χ0v) is 8.16. The Morgan fingerprint density at radius 2 is 2.21 bits per heavy atom. The van der Waals surface area contributed by atoms with Crippen molar-refractivity contribution in [3.8, 4) is 5.75 Å². The van der Waals surface area contributed by atoms with Crippen molar-refractivity contribution in [2.75, 3.05) is 13.7 Å². The maximum absolute atomic E-state index is 11.6. The third-order valence-electron chi connectivity index (χ3n) is 1.86. The normalized spacial score (nSPS) is 10.7. The molecule has 3 heteroatoms. The number of nitrogens with one attached hydrogen (secondary N) is 1. The third-order valence-corrected chi connectivity index (χ3v) is 1.86. The molecule has 0 atom stereocenters. The van der Waals surface area contributed by atoms with Crippen molar-refractivity contribution in [1.82, 2.24) is 5.32 Å². The maximum Gasteiger partial charge on any atom is 0.123 e. The molecule has 2 nitrogen and oxygen atoms in total. The molecular weight excluding hydrogens is 181 g/mol. The van der Waals surface area contributed by atoms with Crippen LogP contribution in [0.5, 0.6) is 5.75 Å². The number of hydrogen-bond donors (Lipinski definition) is 1. The minimum atomic E-state index is 0.522. The quantitative estimate of drug-likeness (QED) is 0.728. The fourth-order valence-corrected chi connectivity index (χ4v) is 1.18. The molecule has 76 valence electrons. The SMILES string of the molecule is COc1ccccc1CNC/C=C/F. The summed E-state index contributed by atoms with van der Waals surface area (Å²) in [7, 11) is 1.64. The van der Waals surface area contributed by atoms with E-state index >= 15 is 0 Å². The topological polar surface area (TPSA) is 21.3 Å². The van der Waals surface area contributed by atoms with E-state index in [1.165, 1.54) is 6.08 Å². The summed E-state index contributed by atoms with van der Waals surface area (Å²) >= 11 is 0. The molecule has 0 bridgehead atoms. The molecule has 0 saturated heterocycles. The first-order valence-corrected chi connectivity index (χ1v) is 4.46. The number of halogens is 1. The van der Waals surface area contributed by atoms with Gasteiger partial charge in [-0.25, -0.2) is 4.39 Å². The molecule has 0 heterocycles. The van der Waals surface area contributed by atoms with E-state index in [4.69, 9.17) is 4.74 Å². The van der Waals surface area contributed by atoms with Gasteiger partial charge in [-0.15, -0.1) is 0 Å². The molecule has 0 spiro atoms. The van der Waals surface area contributed by atoms with Crippen LogP contribution in [0.4, 0.5) is 4.39 Å². The highest BCUT2D eigenvalue weighted by Gasteiger charge is 1.98. The van der Waals surface area contributed by atoms with Gasteiger partial charge in [0, 0.05) is 18.7 Å². The smallest absolute Gasteiger partial charge is 0.123 e. The van der Waals surface area contributed by atoms with Crippen LogP contribution in [-0.4, -0.2) is 13.7 Å². The van der Waals surface area contributed by atoms with E-state index in [1.54, 1.807) is 7.11 Å². The van der Waals surface area contributed by atoms with Gasteiger partial charge in [-0.1, -0.05) is 18.2 Å². The van der Waals surface area contributed by atoms with Crippen molar-refractivity contribution < 1.29 is 9.13 Å². The molecule has 0 unspecified atom stereocenters. The van der Waals surface area contributed by atoms with Crippen molar-refractivity contribution >= 4 is 0 Å². The largest absolute Gasteiger partial charge is 0.496 e. The Labute approximate surface area is 83.4 Å². The van der Waals surface area contributed by atoms with Gasteiger partial charge in [-0.3, -0.25) is 0 Å². The van der Waals surface area contributed by atoms with Gasteiger partial charge in [0.15, 0.2) is 0 Å². The van der Waals surface area contributed by atoms with Gasteiger partial charge in [-0.05, 0) is 12.1 Å². The molecule has 0 aliphatic heterocycles. The minimum absolute atomic E-state index is 0.522. The molecule has 0 aromatic heterocycles. The molecule has 1 N–H and O–H groups in total. The van der Waals surface area contributed by atoms with Crippen LogP contribution in [0.2, 0.25) is 0 Å². The highest BCUT2D eigenvalue weighted by molar-refractivity contribution is 5.32. The van der Waals surface area contributed by atoms with Gasteiger partial charge in [0.25, 0.3) is 0 Å². The van der Waals surface area contributed by atoms with Crippen molar-refractivity contribution in [3.63, 3.8) is 0 Å². The van der Waals surface area contributed by atoms with E-state index in [9.17, 15) is 4.39 Å². The second-order valence-electron chi connectivity index (χ2n) is 2.80. The molecule has 1 aromatic rings. The molecule has 0 amide bonds. The molecular formula is C11H14FNO. The number of hydrogen-bond acceptors (Lipinski definition) is 2. The summed E-state index contributed by atoms with van der Waals surface area (Å²) in [6.45, 7) is 1.20. The summed E-state index contributed by atoms with van der Waals surface area (Å²) in [5, 5.41) is 3.07. The highest BCUT2D eigenvalue weighted by Crippen LogP contribution is 2.16. The van der Waals surface area contributed by atoms with Crippen LogP contribution in [0.25, 0.3) is 0 Å². The number of para-hydroxylation sites is 1. The fraction of sp³-hybridized carbons (Fsp3) is 0.273. The lowest BCUT2D eigenvalue weighted by atomic mass is 10.2. The molecule has 0 aliphatic carbocycles. The molecule has 0 fully saturated rings. The van der Waals surface area contributed by atoms with Crippen molar-refractivity contribution in [2.24, 2.45) is 0 Å². The lowest BCUT2D eigenvalue weighted by Gasteiger charge is -2.07. The second-order valence-corrected chi connectivity index (χ2v) is 2.80. The standard InChI is InChI=1S/C11H14FNO/c1-14-11-6-3-2-5-10(11)9-13-8-4-7-12/h2-7,13H,8-9H2,1H3/b7-4+. The Kier molecular flexibility index (Phi) is 4.72. The monoisotopic (exact) mass is 195 g/mol. The van der Waals surface area contributed by atoms with Crippen LogP contribution < -0.4 is 10.1 Å². The molecule has 1 aromatic carbocycles. The van der Waals surface area contributed by atoms with Gasteiger partial charge in [0.05, 0.1) is 13.4 Å². The summed E-state index contributed by atoms with van der Waals surface area (Å²) in [4.78, 5) is 0. The van der Waals surface area contributed by atoms with E-state index < -0.39 is 0 Å². The van der Waals surface area contributed by atoms with Crippen LogP contribution >= 0.6 is 0 Å². The Bertz CT molecular complexity index is 299. The van der Waals surface area contributed by atoms with Crippen LogP contribution in [0.3, 0.4) is 0 Å². The summed E-state index contributed by atoms with van der Waals surface area (Å²) in [5.74, 6) is 0.851. The zero-order valence-electron chi connectivity index (χ0n) is 8.16. The average molecular weight is 195 g/mol. The van der Waals surface area contributed by atoms with Crippen LogP contribution in [0.1, 0.15) is 5.56 Å². The average Bonchev–Trinajstić information content (AvgIpc) is 2.25. The van der Waals surface area contributed by atoms with Crippen molar-refractivity contribution in [1.29, 1.82) is 0 Å². The van der Waals surface area contributed by atoms with E-state index in [-0.39, 0.29) is 0 Å². The van der Waals surface area contributed by atoms with Crippen LogP contribution in [0.15, 0.2) is 36.7 Å². The van der Waals surface area contributed by atoms with Gasteiger partial charge in [-0.2, -0.15) is 0 Å². The lowest BCUT2D eigenvalue weighted by Crippen LogP contribution is -2.13. The summed E-state index contributed by atoms with van der Waals surface area (Å²) in [5.41, 5.74) is 1.07. The van der Waals surface area contributed by atoms with E-state index in [2.05, 4.69) is 5.32 Å². The van der Waals surface area contributed by atoms with Crippen molar-refractivity contribution in [3.05, 3.63) is 42.2 Å². The number of methoxy groups -OCH3 is 1. The highest BCUT2D eigenvalue weighted by atomic mass is 19.1. The predicted molar refractivity (Wildman–Crippen MR) is 54.9 cm³/mol. The first kappa shape index (κ1) is 10.7. The molecule has 0 saturated carbocycles. The first-order valence-electron chi connectivity index (χ1n) is 4.46. The molecule has 1 rings (SSSR count). The fourth-order valence-electron chi connectivity index (χ4n) is 1.18. The summed E-state index contributed by atoms with van der Waals surface area (Å²) in [6.07, 6.45) is 1.96. The first-order chi connectivity index (χ1) is 6.88. The molecule has 0 radical (unpaired) electrons. The van der Waals surface area contributed by atoms with Gasteiger partial charge >= 0.3 is 0 Å². The number of ether oxygens (including phenoxy) is 1. The second kappa shape index (κ2) is 6.16. The van der Waals surface area contributed by atoms with Gasteiger partial charge < -0.3 is 10.1 Å². The van der Waals surface area contributed by atoms with Crippen LogP contribution in [0, 0.1) is 0 Å². The Morgan fingerprint density at radius 3 is 2.93 bits per heavy atom. The van der Waals surface area contributed by atoms with Gasteiger partial charge in [0.2, 0.25) is 0 Å². The molecule has 0 aliphatic rings. The Balaban J connectivity index is 2.49. The maximum atomic E-state index is 11.6. The predicted octanol–water partition coefficient (Wildman–Crippen LogP) is 2.27. The summed E-state index contributed by atoms with van der Waals surface area (Å²) in [6, 6.07) is 7.75. The Morgan fingerprint density at radius 1 is 1.43 bits per heavy atom. The minimum Gasteiger partial charge on any atom is -0.496 e. The number of rotatable bonds is 5. The van der Waals surface area contributed by atoms with E-state index in [1.807, 2.05) is 24.3 Å². The molecule has 14 heavy (non-hydrogen) atoms. The van der Waals surface area contributed by atoms with Crippen LogP contribution in [-0.2, 0) is 6.54 Å². The summed E-state index contributed by atoms with van der Waals surface area (Å²) < 4.78 is 16.8. The lowest BCUT2D eigenvalue weighted by molar-refractivity contribution is 0.408. The number of benzene rings is 1. The van der Waals surface area contributed by atoms with E-state index in [0.29, 0.717) is 19.4 Å². The van der Waals surface area contributed by atoms with Gasteiger partial charge in [0.1, 0.15) is 5.75 Å². The zero-order chi connectivity index (χ0) is 10.2. The third kappa shape index (κ3) is 3.18. The Hall–Kier alpha value is -1.35. The van der Waals surface area contributed by atoms with Crippen molar-refractivity contribution in [2.45, 2.75) is 6.54 Å². The van der Waals surface area contributed by atoms with E-state index in [0.717, 1.165) is 11.3 Å².